The van der Waals surface area contributed by atoms with Crippen LogP contribution in [-0.4, -0.2) is 7.11 Å². The van der Waals surface area contributed by atoms with Crippen LogP contribution in [0.25, 0.3) is 0 Å². The molecule has 2 heteroatoms. The fourth-order valence-electron chi connectivity index (χ4n) is 0.834. The van der Waals surface area contributed by atoms with Crippen molar-refractivity contribution in [2.75, 3.05) is 7.11 Å². The highest BCUT2D eigenvalue weighted by atomic mass is 32.1. The van der Waals surface area contributed by atoms with Crippen LogP contribution in [0.2, 0.25) is 0 Å². The Bertz CT molecular complexity index is 187. The SMILES string of the molecule is COc1ccccc1CS. The predicted octanol–water partition coefficient (Wildman–Crippen LogP) is 2.13. The highest BCUT2D eigenvalue weighted by molar-refractivity contribution is 7.79. The van der Waals surface area contributed by atoms with E-state index in [2.05, 4.69) is 12.6 Å². The van der Waals surface area contributed by atoms with E-state index in [9.17, 15) is 0 Å². The molecule has 1 aromatic rings. The number of para-hydroxylation sites is 1. The largest absolute Gasteiger partial charge is 0.496 e. The fourth-order valence-corrected chi connectivity index (χ4v) is 1.09. The number of hydrogen-bond acceptors (Lipinski definition) is 2. The van der Waals surface area contributed by atoms with Crippen molar-refractivity contribution in [2.45, 2.75) is 5.75 Å². The van der Waals surface area contributed by atoms with E-state index in [4.69, 9.17) is 4.74 Å². The third kappa shape index (κ3) is 1.45. The molecule has 0 radical (unpaired) electrons. The molecule has 1 aromatic carbocycles. The van der Waals surface area contributed by atoms with Crippen LogP contribution >= 0.6 is 12.6 Å². The number of benzene rings is 1. The van der Waals surface area contributed by atoms with Gasteiger partial charge in [-0.1, -0.05) is 18.2 Å². The van der Waals surface area contributed by atoms with Crippen LogP contribution in [0.4, 0.5) is 0 Å². The van der Waals surface area contributed by atoms with Crippen molar-refractivity contribution in [3.05, 3.63) is 29.8 Å². The van der Waals surface area contributed by atoms with Crippen molar-refractivity contribution in [2.24, 2.45) is 0 Å². The van der Waals surface area contributed by atoms with Gasteiger partial charge in [-0.3, -0.25) is 0 Å². The summed E-state index contributed by atoms with van der Waals surface area (Å²) in [5, 5.41) is 0. The summed E-state index contributed by atoms with van der Waals surface area (Å²) >= 11 is 4.15. The maximum Gasteiger partial charge on any atom is 0.122 e. The summed E-state index contributed by atoms with van der Waals surface area (Å²) in [6, 6.07) is 7.87. The van der Waals surface area contributed by atoms with E-state index in [-0.39, 0.29) is 0 Å². The second-order valence-corrected chi connectivity index (χ2v) is 2.29. The van der Waals surface area contributed by atoms with Crippen molar-refractivity contribution in [3.8, 4) is 5.75 Å². The second kappa shape index (κ2) is 3.52. The molecule has 54 valence electrons. The number of ether oxygens (including phenoxy) is 1. The monoisotopic (exact) mass is 154 g/mol. The molecule has 0 N–H and O–H groups in total. The summed E-state index contributed by atoms with van der Waals surface area (Å²) in [7, 11) is 1.67. The quantitative estimate of drug-likeness (QED) is 0.642. The zero-order valence-corrected chi connectivity index (χ0v) is 6.77. The number of rotatable bonds is 2. The molecule has 0 aliphatic heterocycles. The van der Waals surface area contributed by atoms with Crippen LogP contribution in [0, 0.1) is 0 Å². The molecule has 0 atom stereocenters. The summed E-state index contributed by atoms with van der Waals surface area (Å²) in [5.41, 5.74) is 1.13. The molecule has 0 spiro atoms. The van der Waals surface area contributed by atoms with Gasteiger partial charge in [0, 0.05) is 11.3 Å². The van der Waals surface area contributed by atoms with Crippen molar-refractivity contribution >= 4 is 12.6 Å². The molecule has 0 aliphatic carbocycles. The van der Waals surface area contributed by atoms with Gasteiger partial charge in [-0.05, 0) is 6.07 Å². The highest BCUT2D eigenvalue weighted by Crippen LogP contribution is 2.18. The molecule has 0 fully saturated rings. The molecule has 1 rings (SSSR count). The maximum atomic E-state index is 5.09. The first kappa shape index (κ1) is 7.48. The van der Waals surface area contributed by atoms with Gasteiger partial charge in [0.05, 0.1) is 7.11 Å². The van der Waals surface area contributed by atoms with Crippen LogP contribution in [0.15, 0.2) is 24.3 Å². The van der Waals surface area contributed by atoms with Gasteiger partial charge in [-0.2, -0.15) is 12.6 Å². The lowest BCUT2D eigenvalue weighted by Gasteiger charge is -2.03. The Morgan fingerprint density at radius 3 is 2.60 bits per heavy atom. The van der Waals surface area contributed by atoms with E-state index < -0.39 is 0 Å². The standard InChI is InChI=1S/C8H10OS/c1-9-8-5-3-2-4-7(8)6-10/h2-5,10H,6H2,1H3. The molecule has 0 aliphatic rings. The Balaban J connectivity index is 2.96. The normalized spacial score (nSPS) is 9.40. The topological polar surface area (TPSA) is 9.23 Å². The first-order valence-corrected chi connectivity index (χ1v) is 3.74. The molecule has 0 heterocycles. The van der Waals surface area contributed by atoms with Gasteiger partial charge in [0.2, 0.25) is 0 Å². The molecule has 10 heavy (non-hydrogen) atoms. The van der Waals surface area contributed by atoms with Gasteiger partial charge < -0.3 is 4.74 Å². The number of methoxy groups -OCH3 is 1. The molecule has 0 saturated heterocycles. The third-order valence-corrected chi connectivity index (χ3v) is 1.70. The van der Waals surface area contributed by atoms with Gasteiger partial charge in [0.1, 0.15) is 5.75 Å². The lowest BCUT2D eigenvalue weighted by molar-refractivity contribution is 0.411. The van der Waals surface area contributed by atoms with Gasteiger partial charge >= 0.3 is 0 Å². The lowest BCUT2D eigenvalue weighted by Crippen LogP contribution is -1.87. The van der Waals surface area contributed by atoms with Crippen LogP contribution in [0.3, 0.4) is 0 Å². The molecular formula is C8H10OS. The molecule has 0 bridgehead atoms. The molecule has 0 unspecified atom stereocenters. The van der Waals surface area contributed by atoms with Crippen molar-refractivity contribution in [3.63, 3.8) is 0 Å². The second-order valence-electron chi connectivity index (χ2n) is 1.97. The van der Waals surface area contributed by atoms with Crippen molar-refractivity contribution in [1.29, 1.82) is 0 Å². The molecular weight excluding hydrogens is 144 g/mol. The van der Waals surface area contributed by atoms with E-state index >= 15 is 0 Å². The Labute approximate surface area is 66.4 Å². The minimum atomic E-state index is 0.726. The Morgan fingerprint density at radius 2 is 2.10 bits per heavy atom. The maximum absolute atomic E-state index is 5.09. The van der Waals surface area contributed by atoms with Crippen LogP contribution in [0.5, 0.6) is 5.75 Å². The highest BCUT2D eigenvalue weighted by Gasteiger charge is 1.96. The van der Waals surface area contributed by atoms with Gasteiger partial charge in [-0.25, -0.2) is 0 Å². The average Bonchev–Trinajstić information content (AvgIpc) is 2.04. The zero-order valence-electron chi connectivity index (χ0n) is 5.87. The molecule has 0 aromatic heterocycles. The van der Waals surface area contributed by atoms with E-state index in [1.165, 1.54) is 0 Å². The van der Waals surface area contributed by atoms with Gasteiger partial charge in [0.25, 0.3) is 0 Å². The summed E-state index contributed by atoms with van der Waals surface area (Å²) in [5.74, 6) is 1.64. The van der Waals surface area contributed by atoms with Crippen LogP contribution in [-0.2, 0) is 5.75 Å². The smallest absolute Gasteiger partial charge is 0.122 e. The van der Waals surface area contributed by atoms with E-state index in [1.54, 1.807) is 7.11 Å². The summed E-state index contributed by atoms with van der Waals surface area (Å²) in [4.78, 5) is 0. The zero-order chi connectivity index (χ0) is 7.40. The minimum Gasteiger partial charge on any atom is -0.496 e. The van der Waals surface area contributed by atoms with E-state index in [1.807, 2.05) is 24.3 Å². The molecule has 0 amide bonds. The lowest BCUT2D eigenvalue weighted by atomic mass is 10.2. The van der Waals surface area contributed by atoms with Crippen LogP contribution in [0.1, 0.15) is 5.56 Å². The summed E-state index contributed by atoms with van der Waals surface area (Å²) in [6.07, 6.45) is 0. The summed E-state index contributed by atoms with van der Waals surface area (Å²) < 4.78 is 5.09. The number of hydrogen-bond donors (Lipinski definition) is 1. The van der Waals surface area contributed by atoms with Gasteiger partial charge in [-0.15, -0.1) is 0 Å². The third-order valence-electron chi connectivity index (χ3n) is 1.36. The predicted molar refractivity (Wildman–Crippen MR) is 45.7 cm³/mol. The van der Waals surface area contributed by atoms with Crippen molar-refractivity contribution in [1.82, 2.24) is 0 Å². The molecule has 0 saturated carbocycles. The Morgan fingerprint density at radius 1 is 1.40 bits per heavy atom. The van der Waals surface area contributed by atoms with Gasteiger partial charge in [0.15, 0.2) is 0 Å². The first-order valence-electron chi connectivity index (χ1n) is 3.11. The Kier molecular flexibility index (Phi) is 2.63. The Hall–Kier alpha value is -0.630. The fraction of sp³-hybridized carbons (Fsp3) is 0.250. The van der Waals surface area contributed by atoms with Crippen LogP contribution < -0.4 is 4.74 Å². The minimum absolute atomic E-state index is 0.726. The van der Waals surface area contributed by atoms with E-state index in [0.29, 0.717) is 0 Å². The van der Waals surface area contributed by atoms with Crippen molar-refractivity contribution < 1.29 is 4.74 Å². The summed E-state index contributed by atoms with van der Waals surface area (Å²) in [6.45, 7) is 0. The van der Waals surface area contributed by atoms with E-state index in [0.717, 1.165) is 17.1 Å². The first-order chi connectivity index (χ1) is 4.88. The number of thiol groups is 1. The average molecular weight is 154 g/mol. The molecule has 1 nitrogen and oxygen atoms in total.